The monoisotopic (exact) mass is 328 g/mol. The van der Waals surface area contributed by atoms with Crippen LogP contribution in [0.4, 0.5) is 5.69 Å². The zero-order valence-electron chi connectivity index (χ0n) is 14.0. The number of nitrogens with zero attached hydrogens (tertiary/aromatic N) is 1. The number of benzene rings is 1. The van der Waals surface area contributed by atoms with E-state index in [1.54, 1.807) is 0 Å². The largest absolute Gasteiger partial charge is 0.326 e. The Hall–Kier alpha value is -1.78. The van der Waals surface area contributed by atoms with Gasteiger partial charge in [-0.2, -0.15) is 0 Å². The van der Waals surface area contributed by atoms with E-state index in [0.717, 1.165) is 29.9 Å². The molecule has 1 unspecified atom stereocenters. The van der Waals surface area contributed by atoms with Crippen molar-refractivity contribution in [1.29, 1.82) is 0 Å². The Balaban J connectivity index is 1.91. The van der Waals surface area contributed by atoms with Gasteiger partial charge in [0.25, 0.3) is 0 Å². The van der Waals surface area contributed by atoms with Gasteiger partial charge in [0.05, 0.1) is 0 Å². The molecule has 1 aliphatic carbocycles. The van der Waals surface area contributed by atoms with Crippen LogP contribution in [0.2, 0.25) is 0 Å². The Bertz CT molecular complexity index is 631. The first-order chi connectivity index (χ1) is 11.0. The number of nitrogens with one attached hydrogen (secondary N) is 1. The van der Waals surface area contributed by atoms with Crippen molar-refractivity contribution in [3.8, 4) is 0 Å². The fraction of sp³-hybridized carbons (Fsp3) is 0.368. The molecule has 0 heterocycles. The first-order valence-corrected chi connectivity index (χ1v) is 8.32. The Kier molecular flexibility index (Phi) is 6.25. The summed E-state index contributed by atoms with van der Waals surface area (Å²) in [6, 6.07) is 8.42. The first kappa shape index (κ1) is 17.6. The van der Waals surface area contributed by atoms with Gasteiger partial charge in [-0.25, -0.2) is 0 Å². The van der Waals surface area contributed by atoms with Gasteiger partial charge in [0.1, 0.15) is 0 Å². The molecule has 0 bridgehead atoms. The van der Waals surface area contributed by atoms with Gasteiger partial charge in [-0.05, 0) is 43.7 Å². The van der Waals surface area contributed by atoms with Gasteiger partial charge < -0.3 is 5.32 Å². The summed E-state index contributed by atoms with van der Waals surface area (Å²) in [7, 11) is 2.13. The molecule has 1 aromatic carbocycles. The molecule has 0 radical (unpaired) electrons. The van der Waals surface area contributed by atoms with E-state index in [4.69, 9.17) is 12.2 Å². The molecule has 1 N–H and O–H groups in total. The number of carbonyl (C=O) groups is 1. The molecule has 1 amide bonds. The van der Waals surface area contributed by atoms with E-state index < -0.39 is 0 Å². The van der Waals surface area contributed by atoms with Crippen LogP contribution < -0.4 is 5.32 Å². The van der Waals surface area contributed by atoms with E-state index in [2.05, 4.69) is 54.5 Å². The third-order valence-electron chi connectivity index (χ3n) is 4.07. The third kappa shape index (κ3) is 5.41. The molecule has 0 aliphatic heterocycles. The summed E-state index contributed by atoms with van der Waals surface area (Å²) in [5, 5.41) is 2.79. The van der Waals surface area contributed by atoms with E-state index >= 15 is 0 Å². The van der Waals surface area contributed by atoms with Gasteiger partial charge >= 0.3 is 0 Å². The summed E-state index contributed by atoms with van der Waals surface area (Å²) in [6.45, 7) is 4.62. The first-order valence-electron chi connectivity index (χ1n) is 7.91. The van der Waals surface area contributed by atoms with E-state index in [0.29, 0.717) is 6.04 Å². The second kappa shape index (κ2) is 8.18. The second-order valence-electron chi connectivity index (χ2n) is 6.09. The Morgan fingerprint density at radius 2 is 2.04 bits per heavy atom. The van der Waals surface area contributed by atoms with Crippen molar-refractivity contribution < 1.29 is 4.79 Å². The molecule has 23 heavy (non-hydrogen) atoms. The van der Waals surface area contributed by atoms with E-state index in [1.165, 1.54) is 18.1 Å². The Morgan fingerprint density at radius 1 is 1.35 bits per heavy atom. The van der Waals surface area contributed by atoms with Crippen LogP contribution >= 0.6 is 12.2 Å². The minimum absolute atomic E-state index is 0.0470. The van der Waals surface area contributed by atoms with Crippen LogP contribution in [-0.4, -0.2) is 28.8 Å². The minimum Gasteiger partial charge on any atom is -0.326 e. The van der Waals surface area contributed by atoms with Gasteiger partial charge in [-0.1, -0.05) is 42.6 Å². The van der Waals surface area contributed by atoms with Crippen molar-refractivity contribution in [3.63, 3.8) is 0 Å². The van der Waals surface area contributed by atoms with Crippen LogP contribution in [0.5, 0.6) is 0 Å². The fourth-order valence-corrected chi connectivity index (χ4v) is 2.83. The van der Waals surface area contributed by atoms with Gasteiger partial charge in [0.15, 0.2) is 0 Å². The molecule has 4 heteroatoms. The van der Waals surface area contributed by atoms with Crippen LogP contribution in [0.3, 0.4) is 0 Å². The normalized spacial score (nSPS) is 15.5. The van der Waals surface area contributed by atoms with E-state index in [-0.39, 0.29) is 5.91 Å². The summed E-state index contributed by atoms with van der Waals surface area (Å²) in [5.41, 5.74) is 3.35. The molecule has 0 aromatic heterocycles. The predicted molar refractivity (Wildman–Crippen MR) is 101 cm³/mol. The molecule has 0 saturated carbocycles. The van der Waals surface area contributed by atoms with E-state index in [1.807, 2.05) is 12.1 Å². The minimum atomic E-state index is -0.0470. The highest BCUT2D eigenvalue weighted by atomic mass is 32.1. The van der Waals surface area contributed by atoms with Crippen LogP contribution in [0.25, 0.3) is 0 Å². The van der Waals surface area contributed by atoms with Gasteiger partial charge in [-0.3, -0.25) is 9.69 Å². The molecule has 1 atom stereocenters. The van der Waals surface area contributed by atoms with Crippen molar-refractivity contribution in [3.05, 3.63) is 53.6 Å². The molecule has 3 nitrogen and oxygen atoms in total. The highest BCUT2D eigenvalue weighted by Crippen LogP contribution is 2.19. The molecular formula is C19H24N2OS. The number of rotatable bonds is 6. The number of hydrogen-bond acceptors (Lipinski definition) is 3. The summed E-state index contributed by atoms with van der Waals surface area (Å²) in [5.74, 6) is -0.0470. The summed E-state index contributed by atoms with van der Waals surface area (Å²) in [6.07, 6.45) is 8.21. The van der Waals surface area contributed by atoms with Crippen molar-refractivity contribution in [2.75, 3.05) is 12.4 Å². The van der Waals surface area contributed by atoms with Crippen LogP contribution in [0, 0.1) is 0 Å². The fourth-order valence-electron chi connectivity index (χ4n) is 2.58. The maximum Gasteiger partial charge on any atom is 0.221 e. The molecule has 1 aromatic rings. The number of hydrogen-bond donors (Lipinski definition) is 1. The lowest BCUT2D eigenvalue weighted by atomic mass is 9.97. The van der Waals surface area contributed by atoms with Gasteiger partial charge in [0.2, 0.25) is 5.91 Å². The quantitative estimate of drug-likeness (QED) is 0.798. The Labute approximate surface area is 144 Å². The van der Waals surface area contributed by atoms with Crippen LogP contribution in [-0.2, 0) is 11.3 Å². The molecular weight excluding hydrogens is 304 g/mol. The zero-order valence-corrected chi connectivity index (χ0v) is 14.8. The van der Waals surface area contributed by atoms with Crippen molar-refractivity contribution in [1.82, 2.24) is 4.90 Å². The summed E-state index contributed by atoms with van der Waals surface area (Å²) >= 11 is 5.44. The number of anilines is 1. The molecule has 0 saturated heterocycles. The molecule has 122 valence electrons. The van der Waals surface area contributed by atoms with Crippen LogP contribution in [0.15, 0.2) is 48.1 Å². The second-order valence-corrected chi connectivity index (χ2v) is 6.59. The van der Waals surface area contributed by atoms with Crippen molar-refractivity contribution >= 4 is 28.7 Å². The molecule has 2 rings (SSSR count). The highest BCUT2D eigenvalue weighted by Gasteiger charge is 2.15. The highest BCUT2D eigenvalue weighted by molar-refractivity contribution is 7.80. The van der Waals surface area contributed by atoms with Gasteiger partial charge in [0, 0.05) is 36.5 Å². The van der Waals surface area contributed by atoms with E-state index in [9.17, 15) is 4.79 Å². The number of amides is 1. The van der Waals surface area contributed by atoms with Crippen molar-refractivity contribution in [2.45, 2.75) is 39.3 Å². The number of allylic oxidation sites excluding steroid dienone is 3. The average Bonchev–Trinajstić information content (AvgIpc) is 2.51. The maximum atomic E-state index is 11.0. The summed E-state index contributed by atoms with van der Waals surface area (Å²) in [4.78, 5) is 14.4. The standard InChI is InChI=1S/C19H24N2OS/c1-14(12-17-6-4-5-7-19(17)23)21(3)13-16-8-10-18(11-9-16)20-15(2)22/h4-6,8-11,14H,7,12-13H2,1-3H3,(H,20,22). The summed E-state index contributed by atoms with van der Waals surface area (Å²) < 4.78 is 0. The molecule has 0 fully saturated rings. The molecule has 0 spiro atoms. The van der Waals surface area contributed by atoms with Crippen LogP contribution in [0.1, 0.15) is 32.3 Å². The smallest absolute Gasteiger partial charge is 0.221 e. The zero-order chi connectivity index (χ0) is 16.8. The van der Waals surface area contributed by atoms with Crippen molar-refractivity contribution in [2.24, 2.45) is 0 Å². The SMILES string of the molecule is CC(=O)Nc1ccc(CN(C)C(C)CC2=CC=CCC2=S)cc1. The maximum absolute atomic E-state index is 11.0. The third-order valence-corrected chi connectivity index (χ3v) is 4.50. The predicted octanol–water partition coefficient (Wildman–Crippen LogP) is 4.11. The van der Waals surface area contributed by atoms with Gasteiger partial charge in [-0.15, -0.1) is 0 Å². The lowest BCUT2D eigenvalue weighted by Crippen LogP contribution is -2.29. The topological polar surface area (TPSA) is 32.3 Å². The Morgan fingerprint density at radius 3 is 2.65 bits per heavy atom. The lowest BCUT2D eigenvalue weighted by molar-refractivity contribution is -0.114. The average molecular weight is 328 g/mol. The number of carbonyl (C=O) groups excluding carboxylic acids is 1. The number of thiocarbonyl (C=S) groups is 1. The molecule has 1 aliphatic rings. The lowest BCUT2D eigenvalue weighted by Gasteiger charge is -2.26.